The topological polar surface area (TPSA) is 18.5 Å². The van der Waals surface area contributed by atoms with Crippen LogP contribution in [0.3, 0.4) is 0 Å². The van der Waals surface area contributed by atoms with Gasteiger partial charge in [0.1, 0.15) is 13.2 Å². The molecule has 3 aromatic heterocycles. The molecule has 1 aliphatic heterocycles. The van der Waals surface area contributed by atoms with Gasteiger partial charge in [-0.05, 0) is 25.3 Å². The zero-order valence-electron chi connectivity index (χ0n) is 10.6. The monoisotopic (exact) mass is 308 g/mol. The molecule has 0 radical (unpaired) electrons. The standard InChI is InChI=1S/C14H12O2S3/c1-7-10-11(16-5-4-15-10)14(18-7)13-9-3-6-17-12(9)8(2)19-13/h3,6H,4-5H2,1-2H3. The number of hydrogen-bond donors (Lipinski definition) is 0. The highest BCUT2D eigenvalue weighted by atomic mass is 32.1. The molecule has 2 nitrogen and oxygen atoms in total. The number of rotatable bonds is 1. The molecular formula is C14H12O2S3. The Morgan fingerprint density at radius 2 is 1.68 bits per heavy atom. The average molecular weight is 308 g/mol. The normalized spacial score (nSPS) is 14.2. The Balaban J connectivity index is 2.00. The Labute approximate surface area is 123 Å². The third-order valence-corrected chi connectivity index (χ3v) is 6.77. The van der Waals surface area contributed by atoms with Crippen LogP contribution in [-0.4, -0.2) is 13.2 Å². The van der Waals surface area contributed by atoms with E-state index >= 15 is 0 Å². The maximum absolute atomic E-state index is 5.86. The van der Waals surface area contributed by atoms with E-state index < -0.39 is 0 Å². The highest BCUT2D eigenvalue weighted by Gasteiger charge is 2.25. The molecule has 0 saturated heterocycles. The van der Waals surface area contributed by atoms with Gasteiger partial charge in [-0.3, -0.25) is 0 Å². The van der Waals surface area contributed by atoms with Gasteiger partial charge in [0.05, 0.1) is 9.75 Å². The molecule has 1 aliphatic rings. The minimum Gasteiger partial charge on any atom is -0.485 e. The molecule has 0 atom stereocenters. The minimum atomic E-state index is 0.646. The molecule has 0 aromatic carbocycles. The molecule has 98 valence electrons. The zero-order valence-corrected chi connectivity index (χ0v) is 13.1. The predicted molar refractivity (Wildman–Crippen MR) is 83.5 cm³/mol. The molecule has 0 aliphatic carbocycles. The van der Waals surface area contributed by atoms with Crippen molar-refractivity contribution in [2.24, 2.45) is 0 Å². The second-order valence-corrected chi connectivity index (χ2v) is 7.86. The first-order valence-electron chi connectivity index (χ1n) is 6.11. The first-order chi connectivity index (χ1) is 9.25. The van der Waals surface area contributed by atoms with Gasteiger partial charge < -0.3 is 9.47 Å². The van der Waals surface area contributed by atoms with E-state index in [0.29, 0.717) is 13.2 Å². The molecule has 0 N–H and O–H groups in total. The van der Waals surface area contributed by atoms with Crippen molar-refractivity contribution in [3.05, 3.63) is 21.2 Å². The average Bonchev–Trinajstić information content (AvgIpc) is 3.08. The molecule has 0 bridgehead atoms. The van der Waals surface area contributed by atoms with Crippen molar-refractivity contribution in [3.8, 4) is 21.3 Å². The number of hydrogen-bond acceptors (Lipinski definition) is 5. The van der Waals surface area contributed by atoms with Crippen LogP contribution >= 0.6 is 34.0 Å². The molecule has 5 heteroatoms. The Morgan fingerprint density at radius 1 is 0.947 bits per heavy atom. The summed E-state index contributed by atoms with van der Waals surface area (Å²) in [5.74, 6) is 1.89. The summed E-state index contributed by atoms with van der Waals surface area (Å²) in [6, 6.07) is 2.21. The van der Waals surface area contributed by atoms with E-state index in [4.69, 9.17) is 9.47 Å². The van der Waals surface area contributed by atoms with Crippen molar-refractivity contribution in [2.45, 2.75) is 13.8 Å². The summed E-state index contributed by atoms with van der Waals surface area (Å²) in [7, 11) is 0. The minimum absolute atomic E-state index is 0.646. The summed E-state index contributed by atoms with van der Waals surface area (Å²) in [6.45, 7) is 5.60. The molecule has 19 heavy (non-hydrogen) atoms. The molecule has 0 amide bonds. The summed E-state index contributed by atoms with van der Waals surface area (Å²) < 4.78 is 13.0. The van der Waals surface area contributed by atoms with E-state index in [1.807, 2.05) is 22.7 Å². The fraction of sp³-hybridized carbons (Fsp3) is 0.286. The van der Waals surface area contributed by atoms with E-state index in [-0.39, 0.29) is 0 Å². The van der Waals surface area contributed by atoms with Crippen LogP contribution in [0, 0.1) is 13.8 Å². The number of aryl methyl sites for hydroxylation is 2. The summed E-state index contributed by atoms with van der Waals surface area (Å²) in [6.07, 6.45) is 0. The Kier molecular flexibility index (Phi) is 2.62. The van der Waals surface area contributed by atoms with Crippen LogP contribution in [0.15, 0.2) is 11.4 Å². The van der Waals surface area contributed by atoms with E-state index in [0.717, 1.165) is 11.5 Å². The molecule has 0 unspecified atom stereocenters. The molecule has 4 heterocycles. The lowest BCUT2D eigenvalue weighted by Gasteiger charge is -2.16. The van der Waals surface area contributed by atoms with E-state index in [9.17, 15) is 0 Å². The van der Waals surface area contributed by atoms with Gasteiger partial charge in [-0.2, -0.15) is 0 Å². The van der Waals surface area contributed by atoms with Gasteiger partial charge in [-0.15, -0.1) is 34.0 Å². The van der Waals surface area contributed by atoms with Crippen molar-refractivity contribution in [1.29, 1.82) is 0 Å². The summed E-state index contributed by atoms with van der Waals surface area (Å²) in [5.41, 5.74) is 0. The molecule has 0 spiro atoms. The van der Waals surface area contributed by atoms with Crippen LogP contribution < -0.4 is 9.47 Å². The summed E-state index contributed by atoms with van der Waals surface area (Å²) in [4.78, 5) is 5.15. The van der Waals surface area contributed by atoms with E-state index in [2.05, 4.69) is 25.3 Å². The first kappa shape index (κ1) is 11.8. The largest absolute Gasteiger partial charge is 0.485 e. The summed E-state index contributed by atoms with van der Waals surface area (Å²) >= 11 is 5.46. The van der Waals surface area contributed by atoms with Crippen molar-refractivity contribution in [1.82, 2.24) is 0 Å². The van der Waals surface area contributed by atoms with E-state index in [1.54, 1.807) is 11.3 Å². The number of thiophene rings is 3. The Bertz CT molecular complexity index is 763. The van der Waals surface area contributed by atoms with Crippen LogP contribution in [-0.2, 0) is 0 Å². The smallest absolute Gasteiger partial charge is 0.181 e. The maximum atomic E-state index is 5.86. The predicted octanol–water partition coefficient (Wildman–Crippen LogP) is 5.08. The lowest BCUT2D eigenvalue weighted by molar-refractivity contribution is 0.173. The highest BCUT2D eigenvalue weighted by Crippen LogP contribution is 2.53. The van der Waals surface area contributed by atoms with Gasteiger partial charge in [0, 0.05) is 19.8 Å². The zero-order chi connectivity index (χ0) is 13.0. The lowest BCUT2D eigenvalue weighted by Crippen LogP contribution is -2.14. The van der Waals surface area contributed by atoms with Crippen molar-refractivity contribution in [3.63, 3.8) is 0 Å². The second-order valence-electron chi connectivity index (χ2n) is 4.49. The van der Waals surface area contributed by atoms with Crippen LogP contribution in [0.25, 0.3) is 19.8 Å². The highest BCUT2D eigenvalue weighted by molar-refractivity contribution is 7.27. The van der Waals surface area contributed by atoms with Crippen LogP contribution in [0.5, 0.6) is 11.5 Å². The Hall–Kier alpha value is -1.04. The quantitative estimate of drug-likeness (QED) is 0.624. The van der Waals surface area contributed by atoms with Crippen LogP contribution in [0.4, 0.5) is 0 Å². The molecular weight excluding hydrogens is 296 g/mol. The lowest BCUT2D eigenvalue weighted by atomic mass is 10.2. The molecule has 0 fully saturated rings. The van der Waals surface area contributed by atoms with Gasteiger partial charge in [0.15, 0.2) is 11.5 Å². The maximum Gasteiger partial charge on any atom is 0.181 e. The van der Waals surface area contributed by atoms with Crippen molar-refractivity contribution >= 4 is 44.1 Å². The van der Waals surface area contributed by atoms with Crippen molar-refractivity contribution in [2.75, 3.05) is 13.2 Å². The first-order valence-corrected chi connectivity index (χ1v) is 8.63. The summed E-state index contributed by atoms with van der Waals surface area (Å²) in [5, 5.41) is 3.52. The van der Waals surface area contributed by atoms with Gasteiger partial charge in [-0.25, -0.2) is 0 Å². The number of fused-ring (bicyclic) bond motifs is 2. The third kappa shape index (κ3) is 1.65. The van der Waals surface area contributed by atoms with Gasteiger partial charge in [-0.1, -0.05) is 0 Å². The molecule has 4 rings (SSSR count). The SMILES string of the molecule is Cc1sc(-c2sc(C)c3sccc23)c2c1OCCO2. The van der Waals surface area contributed by atoms with E-state index in [1.165, 1.54) is 29.6 Å². The second kappa shape index (κ2) is 4.23. The third-order valence-electron chi connectivity index (χ3n) is 3.25. The molecule has 3 aromatic rings. The fourth-order valence-electron chi connectivity index (χ4n) is 2.43. The fourth-order valence-corrected chi connectivity index (χ4v) is 5.79. The number of ether oxygens (including phenoxy) is 2. The van der Waals surface area contributed by atoms with Gasteiger partial charge >= 0.3 is 0 Å². The Morgan fingerprint density at radius 3 is 2.53 bits per heavy atom. The van der Waals surface area contributed by atoms with Crippen molar-refractivity contribution < 1.29 is 9.47 Å². The van der Waals surface area contributed by atoms with Crippen LogP contribution in [0.2, 0.25) is 0 Å². The molecule has 0 saturated carbocycles. The van der Waals surface area contributed by atoms with Gasteiger partial charge in [0.25, 0.3) is 0 Å². The van der Waals surface area contributed by atoms with Crippen LogP contribution in [0.1, 0.15) is 9.75 Å². The van der Waals surface area contributed by atoms with Gasteiger partial charge in [0.2, 0.25) is 0 Å².